The molecule has 2 N–H and O–H groups in total. The van der Waals surface area contributed by atoms with Crippen LogP contribution in [0.2, 0.25) is 0 Å². The van der Waals surface area contributed by atoms with E-state index in [1.54, 1.807) is 25.2 Å². The zero-order chi connectivity index (χ0) is 26.2. The Morgan fingerprint density at radius 1 is 1.11 bits per heavy atom. The predicted octanol–water partition coefficient (Wildman–Crippen LogP) is 1.98. The highest BCUT2D eigenvalue weighted by Crippen LogP contribution is 2.18. The molecule has 0 aliphatic heterocycles. The summed E-state index contributed by atoms with van der Waals surface area (Å²) in [5, 5.41) is 8.99. The van der Waals surface area contributed by atoms with Crippen LogP contribution in [0.25, 0.3) is 16.7 Å². The van der Waals surface area contributed by atoms with Gasteiger partial charge in [-0.25, -0.2) is 18.7 Å². The maximum atomic E-state index is 14.3. The molecule has 0 atom stereocenters. The lowest BCUT2D eigenvalue weighted by atomic mass is 9.90. The van der Waals surface area contributed by atoms with Gasteiger partial charge < -0.3 is 15.1 Å². The number of oxazole rings is 1. The number of fused-ring (bicyclic) bond motifs is 2. The molecule has 0 spiro atoms. The van der Waals surface area contributed by atoms with E-state index in [1.165, 1.54) is 10.6 Å². The second-order valence-corrected chi connectivity index (χ2v) is 9.63. The van der Waals surface area contributed by atoms with Crippen molar-refractivity contribution in [2.24, 2.45) is 12.5 Å². The summed E-state index contributed by atoms with van der Waals surface area (Å²) >= 11 is 0. The van der Waals surface area contributed by atoms with Crippen LogP contribution >= 0.6 is 0 Å². The van der Waals surface area contributed by atoms with Crippen molar-refractivity contribution >= 4 is 34.3 Å². The summed E-state index contributed by atoms with van der Waals surface area (Å²) in [6.45, 7) is 5.58. The summed E-state index contributed by atoms with van der Waals surface area (Å²) in [5.41, 5.74) is 0.768. The zero-order valence-corrected chi connectivity index (χ0v) is 20.2. The number of benzene rings is 1. The average Bonchev–Trinajstić information content (AvgIpc) is 3.33. The maximum absolute atomic E-state index is 14.3. The first-order valence-electron chi connectivity index (χ1n) is 11.1. The van der Waals surface area contributed by atoms with Crippen molar-refractivity contribution in [3.05, 3.63) is 63.8 Å². The van der Waals surface area contributed by atoms with E-state index in [0.717, 1.165) is 10.7 Å². The Morgan fingerprint density at radius 2 is 1.86 bits per heavy atom. The number of hydrogen-bond acceptors (Lipinski definition) is 7. The molecule has 1 aromatic carbocycles. The third-order valence-electron chi connectivity index (χ3n) is 5.38. The molecule has 4 rings (SSSR count). The molecule has 0 saturated carbocycles. The molecule has 0 aliphatic rings. The molecule has 0 saturated heterocycles. The smallest absolute Gasteiger partial charge is 0.408 e. The van der Waals surface area contributed by atoms with Gasteiger partial charge in [-0.3, -0.25) is 19.0 Å². The minimum atomic E-state index is -0.811. The lowest BCUT2D eigenvalue weighted by Gasteiger charge is -2.17. The van der Waals surface area contributed by atoms with Crippen molar-refractivity contribution in [1.29, 1.82) is 0 Å². The largest absolute Gasteiger partial charge is 0.419 e. The highest BCUT2D eigenvalue weighted by atomic mass is 19.1. The SMILES string of the molecule is Cn1c(=O)oc2ccc(CNC(=O)c3cc(C(=O)NCC(=O)CC(C)(C)C)n4ncc(F)c4n3)cc21. The molecular weight excluding hydrogens is 471 g/mol. The van der Waals surface area contributed by atoms with E-state index >= 15 is 0 Å². The normalized spacial score (nSPS) is 11.7. The van der Waals surface area contributed by atoms with Crippen molar-refractivity contribution in [1.82, 2.24) is 29.8 Å². The Kier molecular flexibility index (Phi) is 6.44. The second-order valence-electron chi connectivity index (χ2n) is 9.63. The molecule has 4 aromatic rings. The van der Waals surface area contributed by atoms with Crippen molar-refractivity contribution in [3.63, 3.8) is 0 Å². The summed E-state index contributed by atoms with van der Waals surface area (Å²) in [6.07, 6.45) is 1.15. The van der Waals surface area contributed by atoms with E-state index in [0.29, 0.717) is 16.7 Å². The van der Waals surface area contributed by atoms with Crippen molar-refractivity contribution < 1.29 is 23.2 Å². The molecule has 3 aromatic heterocycles. The van der Waals surface area contributed by atoms with Gasteiger partial charge in [0.1, 0.15) is 11.4 Å². The number of aromatic nitrogens is 4. The van der Waals surface area contributed by atoms with Crippen LogP contribution in [0.5, 0.6) is 0 Å². The second kappa shape index (κ2) is 9.36. The van der Waals surface area contributed by atoms with Crippen LogP contribution in [0.4, 0.5) is 4.39 Å². The molecule has 0 radical (unpaired) electrons. The molecule has 11 nitrogen and oxygen atoms in total. The predicted molar refractivity (Wildman–Crippen MR) is 127 cm³/mol. The molecule has 0 aliphatic carbocycles. The van der Waals surface area contributed by atoms with Crippen LogP contribution < -0.4 is 16.4 Å². The number of nitrogens with one attached hydrogen (secondary N) is 2. The van der Waals surface area contributed by atoms with E-state index in [4.69, 9.17) is 4.42 Å². The Hall–Kier alpha value is -4.35. The summed E-state index contributed by atoms with van der Waals surface area (Å²) in [6, 6.07) is 6.18. The van der Waals surface area contributed by atoms with Gasteiger partial charge in [-0.15, -0.1) is 0 Å². The third kappa shape index (κ3) is 5.16. The number of Topliss-reactive ketones (excluding diaryl/α,β-unsaturated/α-hetero) is 1. The Morgan fingerprint density at radius 3 is 2.58 bits per heavy atom. The number of halogens is 1. The fourth-order valence-corrected chi connectivity index (χ4v) is 3.69. The first-order chi connectivity index (χ1) is 16.9. The molecule has 2 amide bonds. The van der Waals surface area contributed by atoms with Crippen molar-refractivity contribution in [2.75, 3.05) is 6.54 Å². The minimum absolute atomic E-state index is 0.0750. The fraction of sp³-hybridized carbons (Fsp3) is 0.333. The molecule has 12 heteroatoms. The van der Waals surface area contributed by atoms with Gasteiger partial charge >= 0.3 is 5.76 Å². The van der Waals surface area contributed by atoms with Crippen LogP contribution in [0.3, 0.4) is 0 Å². The van der Waals surface area contributed by atoms with E-state index in [2.05, 4.69) is 20.7 Å². The van der Waals surface area contributed by atoms with Gasteiger partial charge in [0.15, 0.2) is 22.8 Å². The van der Waals surface area contributed by atoms with Crippen molar-refractivity contribution in [3.8, 4) is 0 Å². The molecule has 188 valence electrons. The molecule has 0 bridgehead atoms. The zero-order valence-electron chi connectivity index (χ0n) is 20.2. The van der Waals surface area contributed by atoms with Crippen LogP contribution in [0.1, 0.15) is 53.7 Å². The molecule has 3 heterocycles. The number of nitrogens with zero attached hydrogens (tertiary/aromatic N) is 4. The first kappa shape index (κ1) is 24.8. The number of hydrogen-bond donors (Lipinski definition) is 2. The lowest BCUT2D eigenvalue weighted by Crippen LogP contribution is -2.33. The van der Waals surface area contributed by atoms with E-state index in [1.807, 2.05) is 20.8 Å². The monoisotopic (exact) mass is 496 g/mol. The molecule has 36 heavy (non-hydrogen) atoms. The molecule has 0 unspecified atom stereocenters. The van der Waals surface area contributed by atoms with Gasteiger partial charge in [-0.1, -0.05) is 26.8 Å². The topological polar surface area (TPSA) is 141 Å². The fourth-order valence-electron chi connectivity index (χ4n) is 3.69. The number of amides is 2. The third-order valence-corrected chi connectivity index (χ3v) is 5.38. The van der Waals surface area contributed by atoms with Gasteiger partial charge in [-0.2, -0.15) is 5.10 Å². The summed E-state index contributed by atoms with van der Waals surface area (Å²) in [5.74, 6) is -2.84. The standard InChI is InChI=1S/C24H25FN6O5/c1-24(2,3)9-14(32)11-27-22(34)18-8-16(29-20-15(25)12-28-31(18)20)21(33)26-10-13-5-6-19-17(7-13)30(4)23(35)36-19/h5-8,12H,9-11H2,1-4H3,(H,26,33)(H,27,34). The number of carbonyl (C=O) groups excluding carboxylic acids is 3. The number of ketones is 1. The van der Waals surface area contributed by atoms with E-state index < -0.39 is 23.4 Å². The minimum Gasteiger partial charge on any atom is -0.408 e. The van der Waals surface area contributed by atoms with Crippen LogP contribution in [-0.2, 0) is 18.4 Å². The number of rotatable bonds is 7. The van der Waals surface area contributed by atoms with Crippen LogP contribution in [0.15, 0.2) is 39.7 Å². The van der Waals surface area contributed by atoms with Crippen LogP contribution in [-0.4, -0.2) is 43.3 Å². The number of aryl methyl sites for hydroxylation is 1. The van der Waals surface area contributed by atoms with Gasteiger partial charge in [0.25, 0.3) is 11.8 Å². The molecular formula is C24H25FN6O5. The van der Waals surface area contributed by atoms with Gasteiger partial charge in [0.2, 0.25) is 0 Å². The number of carbonyl (C=O) groups is 3. The summed E-state index contributed by atoms with van der Waals surface area (Å²) in [4.78, 5) is 53.5. The Balaban J connectivity index is 1.53. The highest BCUT2D eigenvalue weighted by molar-refractivity contribution is 5.99. The van der Waals surface area contributed by atoms with E-state index in [-0.39, 0.29) is 47.7 Å². The van der Waals surface area contributed by atoms with E-state index in [9.17, 15) is 23.6 Å². The van der Waals surface area contributed by atoms with Gasteiger partial charge in [-0.05, 0) is 23.1 Å². The summed E-state index contributed by atoms with van der Waals surface area (Å²) < 4.78 is 21.7. The Labute approximate surface area is 204 Å². The molecule has 0 fully saturated rings. The summed E-state index contributed by atoms with van der Waals surface area (Å²) in [7, 11) is 1.57. The average molecular weight is 496 g/mol. The Bertz CT molecular complexity index is 1560. The van der Waals surface area contributed by atoms with Crippen LogP contribution in [0, 0.1) is 11.2 Å². The maximum Gasteiger partial charge on any atom is 0.419 e. The van der Waals surface area contributed by atoms with Gasteiger partial charge in [0, 0.05) is 26.1 Å². The quantitative estimate of drug-likeness (QED) is 0.399. The highest BCUT2D eigenvalue weighted by Gasteiger charge is 2.22. The van der Waals surface area contributed by atoms with Gasteiger partial charge in [0.05, 0.1) is 18.3 Å². The first-order valence-corrected chi connectivity index (χ1v) is 11.1. The lowest BCUT2D eigenvalue weighted by molar-refractivity contribution is -0.119. The van der Waals surface area contributed by atoms with Crippen molar-refractivity contribution in [2.45, 2.75) is 33.7 Å².